The molecular weight excluding hydrogens is 266 g/mol. The van der Waals surface area contributed by atoms with Crippen LogP contribution in [-0.4, -0.2) is 28.1 Å². The van der Waals surface area contributed by atoms with Crippen molar-refractivity contribution in [1.82, 2.24) is 10.3 Å². The standard InChI is InChI=1S/C12H19N3O3S/c1-7(5-9(16)17)13-10(18)15-11-14-8(6-19-11)12(2,3)4/h6-7H,5H2,1-4H3,(H,16,17)(H2,13,14,15,18). The molecule has 0 aliphatic heterocycles. The van der Waals surface area contributed by atoms with E-state index in [0.29, 0.717) is 5.13 Å². The molecule has 2 amide bonds. The zero-order valence-electron chi connectivity index (χ0n) is 11.5. The molecule has 0 radical (unpaired) electrons. The fourth-order valence-corrected chi connectivity index (χ4v) is 2.28. The molecular formula is C12H19N3O3S. The molecule has 0 aliphatic rings. The lowest BCUT2D eigenvalue weighted by Crippen LogP contribution is -2.37. The number of hydrogen-bond acceptors (Lipinski definition) is 4. The van der Waals surface area contributed by atoms with Gasteiger partial charge >= 0.3 is 12.0 Å². The second-order valence-corrected chi connectivity index (χ2v) is 6.24. The summed E-state index contributed by atoms with van der Waals surface area (Å²) >= 11 is 1.35. The maximum atomic E-state index is 11.6. The Kier molecular flexibility index (Phi) is 4.88. The van der Waals surface area contributed by atoms with Crippen LogP contribution in [0.25, 0.3) is 0 Å². The molecule has 1 heterocycles. The van der Waals surface area contributed by atoms with E-state index in [1.807, 2.05) is 26.2 Å². The van der Waals surface area contributed by atoms with E-state index in [0.717, 1.165) is 5.69 Å². The first-order valence-electron chi connectivity index (χ1n) is 5.94. The molecule has 3 N–H and O–H groups in total. The lowest BCUT2D eigenvalue weighted by atomic mass is 9.93. The summed E-state index contributed by atoms with van der Waals surface area (Å²) in [6.07, 6.45) is -0.113. The number of urea groups is 1. The molecule has 1 aromatic heterocycles. The number of carboxylic acid groups (broad SMARTS) is 1. The number of nitrogens with zero attached hydrogens (tertiary/aromatic N) is 1. The van der Waals surface area contributed by atoms with Crippen LogP contribution in [0.4, 0.5) is 9.93 Å². The summed E-state index contributed by atoms with van der Waals surface area (Å²) in [7, 11) is 0. The summed E-state index contributed by atoms with van der Waals surface area (Å²) in [6.45, 7) is 7.76. The number of aromatic nitrogens is 1. The third kappa shape index (κ3) is 5.25. The van der Waals surface area contributed by atoms with E-state index in [2.05, 4.69) is 15.6 Å². The average molecular weight is 285 g/mol. The van der Waals surface area contributed by atoms with Crippen LogP contribution in [0, 0.1) is 0 Å². The molecule has 0 bridgehead atoms. The predicted molar refractivity (Wildman–Crippen MR) is 74.7 cm³/mol. The summed E-state index contributed by atoms with van der Waals surface area (Å²) in [5.74, 6) is -0.947. The van der Waals surface area contributed by atoms with Crippen LogP contribution in [0.15, 0.2) is 5.38 Å². The number of rotatable bonds is 4. The first-order valence-corrected chi connectivity index (χ1v) is 6.82. The normalized spacial score (nSPS) is 12.8. The first-order chi connectivity index (χ1) is 8.68. The number of carboxylic acids is 1. The van der Waals surface area contributed by atoms with E-state index >= 15 is 0 Å². The average Bonchev–Trinajstić information content (AvgIpc) is 2.63. The van der Waals surface area contributed by atoms with Gasteiger partial charge < -0.3 is 10.4 Å². The predicted octanol–water partition coefficient (Wildman–Crippen LogP) is 2.43. The van der Waals surface area contributed by atoms with E-state index in [-0.39, 0.29) is 11.8 Å². The van der Waals surface area contributed by atoms with Gasteiger partial charge in [-0.15, -0.1) is 11.3 Å². The highest BCUT2D eigenvalue weighted by molar-refractivity contribution is 7.13. The molecule has 19 heavy (non-hydrogen) atoms. The van der Waals surface area contributed by atoms with Gasteiger partial charge in [0.15, 0.2) is 5.13 Å². The van der Waals surface area contributed by atoms with E-state index < -0.39 is 18.0 Å². The molecule has 0 fully saturated rings. The Hall–Kier alpha value is -1.63. The Morgan fingerprint density at radius 2 is 2.11 bits per heavy atom. The van der Waals surface area contributed by atoms with Crippen molar-refractivity contribution < 1.29 is 14.7 Å². The second kappa shape index (κ2) is 6.01. The molecule has 1 unspecified atom stereocenters. The third-order valence-corrected chi connectivity index (χ3v) is 3.11. The number of thiazole rings is 1. The SMILES string of the molecule is CC(CC(=O)O)NC(=O)Nc1nc(C(C)(C)C)cs1. The van der Waals surface area contributed by atoms with Crippen LogP contribution in [0.3, 0.4) is 0 Å². The van der Waals surface area contributed by atoms with Crippen molar-refractivity contribution in [2.75, 3.05) is 5.32 Å². The van der Waals surface area contributed by atoms with Crippen LogP contribution < -0.4 is 10.6 Å². The van der Waals surface area contributed by atoms with Crippen LogP contribution in [0.5, 0.6) is 0 Å². The minimum Gasteiger partial charge on any atom is -0.481 e. The minimum absolute atomic E-state index is 0.0660. The van der Waals surface area contributed by atoms with Crippen molar-refractivity contribution in [3.63, 3.8) is 0 Å². The largest absolute Gasteiger partial charge is 0.481 e. The molecule has 1 rings (SSSR count). The van der Waals surface area contributed by atoms with Crippen LogP contribution in [-0.2, 0) is 10.2 Å². The summed E-state index contributed by atoms with van der Waals surface area (Å²) in [4.78, 5) is 26.4. The van der Waals surface area contributed by atoms with Gasteiger partial charge in [-0.05, 0) is 6.92 Å². The summed E-state index contributed by atoms with van der Waals surface area (Å²) in [5, 5.41) is 16.1. The van der Waals surface area contributed by atoms with Gasteiger partial charge in [0.1, 0.15) is 0 Å². The maximum absolute atomic E-state index is 11.6. The highest BCUT2D eigenvalue weighted by Crippen LogP contribution is 2.26. The lowest BCUT2D eigenvalue weighted by molar-refractivity contribution is -0.137. The summed E-state index contributed by atoms with van der Waals surface area (Å²) in [6, 6.07) is -0.872. The van der Waals surface area contributed by atoms with Crippen molar-refractivity contribution in [2.45, 2.75) is 45.6 Å². The van der Waals surface area contributed by atoms with E-state index in [1.165, 1.54) is 11.3 Å². The number of hydrogen-bond donors (Lipinski definition) is 3. The van der Waals surface area contributed by atoms with Crippen molar-refractivity contribution in [3.8, 4) is 0 Å². The van der Waals surface area contributed by atoms with Gasteiger partial charge in [-0.3, -0.25) is 10.1 Å². The van der Waals surface area contributed by atoms with Crippen molar-refractivity contribution in [2.24, 2.45) is 0 Å². The summed E-state index contributed by atoms with van der Waals surface area (Å²) < 4.78 is 0. The molecule has 0 saturated heterocycles. The van der Waals surface area contributed by atoms with Gasteiger partial charge in [0.2, 0.25) is 0 Å². The monoisotopic (exact) mass is 285 g/mol. The number of aliphatic carboxylic acids is 1. The Balaban J connectivity index is 2.53. The Morgan fingerprint density at radius 3 is 2.58 bits per heavy atom. The summed E-state index contributed by atoms with van der Waals surface area (Å²) in [5.41, 5.74) is 0.843. The number of carbonyl (C=O) groups excluding carboxylic acids is 1. The number of amides is 2. The Bertz CT molecular complexity index is 465. The van der Waals surface area contributed by atoms with E-state index in [9.17, 15) is 9.59 Å². The molecule has 0 aliphatic carbocycles. The van der Waals surface area contributed by atoms with Gasteiger partial charge in [0.05, 0.1) is 12.1 Å². The van der Waals surface area contributed by atoms with Crippen LogP contribution in [0.1, 0.15) is 39.8 Å². The number of carbonyl (C=O) groups is 2. The molecule has 1 aromatic rings. The highest BCUT2D eigenvalue weighted by Gasteiger charge is 2.18. The molecule has 106 valence electrons. The topological polar surface area (TPSA) is 91.3 Å². The minimum atomic E-state index is -0.947. The molecule has 1 atom stereocenters. The Labute approximate surface area is 116 Å². The van der Waals surface area contributed by atoms with E-state index in [1.54, 1.807) is 6.92 Å². The van der Waals surface area contributed by atoms with Gasteiger partial charge in [-0.2, -0.15) is 0 Å². The third-order valence-electron chi connectivity index (χ3n) is 2.35. The quantitative estimate of drug-likeness (QED) is 0.792. The van der Waals surface area contributed by atoms with Crippen LogP contribution >= 0.6 is 11.3 Å². The first kappa shape index (κ1) is 15.4. The van der Waals surface area contributed by atoms with Crippen LogP contribution in [0.2, 0.25) is 0 Å². The second-order valence-electron chi connectivity index (χ2n) is 5.39. The van der Waals surface area contributed by atoms with Crippen molar-refractivity contribution >= 4 is 28.5 Å². The van der Waals surface area contributed by atoms with E-state index in [4.69, 9.17) is 5.11 Å². The molecule has 6 nitrogen and oxygen atoms in total. The van der Waals surface area contributed by atoms with Gasteiger partial charge in [0, 0.05) is 16.8 Å². The fraction of sp³-hybridized carbons (Fsp3) is 0.583. The van der Waals surface area contributed by atoms with Gasteiger partial charge in [0.25, 0.3) is 0 Å². The van der Waals surface area contributed by atoms with Gasteiger partial charge in [-0.1, -0.05) is 20.8 Å². The smallest absolute Gasteiger partial charge is 0.321 e. The zero-order chi connectivity index (χ0) is 14.6. The highest BCUT2D eigenvalue weighted by atomic mass is 32.1. The fourth-order valence-electron chi connectivity index (χ4n) is 1.35. The van der Waals surface area contributed by atoms with Crippen molar-refractivity contribution in [3.05, 3.63) is 11.1 Å². The number of anilines is 1. The molecule has 7 heteroatoms. The molecule has 0 saturated carbocycles. The van der Waals surface area contributed by atoms with Crippen molar-refractivity contribution in [1.29, 1.82) is 0 Å². The molecule has 0 spiro atoms. The Morgan fingerprint density at radius 1 is 1.47 bits per heavy atom. The van der Waals surface area contributed by atoms with Gasteiger partial charge in [-0.25, -0.2) is 9.78 Å². The molecule has 0 aromatic carbocycles. The lowest BCUT2D eigenvalue weighted by Gasteiger charge is -2.14. The number of nitrogens with one attached hydrogen (secondary N) is 2. The maximum Gasteiger partial charge on any atom is 0.321 e. The zero-order valence-corrected chi connectivity index (χ0v) is 12.3.